The summed E-state index contributed by atoms with van der Waals surface area (Å²) >= 11 is 0. The smallest absolute Gasteiger partial charge is 0.0894 e. The molecule has 0 saturated carbocycles. The van der Waals surface area contributed by atoms with Crippen LogP contribution in [-0.4, -0.2) is 19.4 Å². The fourth-order valence-corrected chi connectivity index (χ4v) is 0.624. The number of rotatable bonds is 5. The van der Waals surface area contributed by atoms with Crippen molar-refractivity contribution in [1.82, 2.24) is 0 Å². The zero-order valence-corrected chi connectivity index (χ0v) is 7.63. The molecule has 11 heavy (non-hydrogen) atoms. The van der Waals surface area contributed by atoms with Crippen LogP contribution in [0.4, 0.5) is 0 Å². The van der Waals surface area contributed by atoms with E-state index in [-0.39, 0.29) is 6.10 Å². The molecule has 2 nitrogen and oxygen atoms in total. The van der Waals surface area contributed by atoms with Gasteiger partial charge in [0.2, 0.25) is 0 Å². The number of methoxy groups -OCH3 is 1. The summed E-state index contributed by atoms with van der Waals surface area (Å²) in [6.07, 6.45) is 3.92. The Hall–Kier alpha value is -0.630. The molecule has 0 saturated heterocycles. The lowest BCUT2D eigenvalue weighted by Gasteiger charge is -2.01. The lowest BCUT2D eigenvalue weighted by molar-refractivity contribution is 0.174. The van der Waals surface area contributed by atoms with Crippen LogP contribution >= 0.6 is 0 Å². The summed E-state index contributed by atoms with van der Waals surface area (Å²) in [7, 11) is 1.67. The van der Waals surface area contributed by atoms with E-state index in [1.165, 1.54) is 0 Å². The van der Waals surface area contributed by atoms with Gasteiger partial charge in [0, 0.05) is 19.0 Å². The van der Waals surface area contributed by atoms with E-state index in [1.807, 2.05) is 6.92 Å². The highest BCUT2D eigenvalue weighted by atomic mass is 16.5. The number of hydrogen-bond donors (Lipinski definition) is 0. The zero-order valence-electron chi connectivity index (χ0n) is 7.63. The van der Waals surface area contributed by atoms with E-state index >= 15 is 0 Å². The van der Waals surface area contributed by atoms with Gasteiger partial charge in [-0.2, -0.15) is 0 Å². The summed E-state index contributed by atoms with van der Waals surface area (Å²) in [4.78, 5) is 4.14. The van der Waals surface area contributed by atoms with E-state index in [2.05, 4.69) is 18.5 Å². The van der Waals surface area contributed by atoms with Gasteiger partial charge in [0.25, 0.3) is 0 Å². The van der Waals surface area contributed by atoms with Crippen LogP contribution in [0.5, 0.6) is 0 Å². The van der Waals surface area contributed by atoms with Crippen LogP contribution in [0, 0.1) is 0 Å². The molecule has 0 N–H and O–H groups in total. The van der Waals surface area contributed by atoms with Gasteiger partial charge in [0.15, 0.2) is 0 Å². The fraction of sp³-hybridized carbons (Fsp3) is 0.667. The van der Waals surface area contributed by atoms with E-state index in [0.717, 1.165) is 18.5 Å². The molecule has 0 aliphatic rings. The van der Waals surface area contributed by atoms with Gasteiger partial charge in [-0.15, -0.1) is 0 Å². The van der Waals surface area contributed by atoms with Crippen molar-refractivity contribution in [1.29, 1.82) is 0 Å². The third-order valence-electron chi connectivity index (χ3n) is 1.38. The van der Waals surface area contributed by atoms with Crippen molar-refractivity contribution in [2.75, 3.05) is 7.11 Å². The van der Waals surface area contributed by atoms with Crippen molar-refractivity contribution in [2.45, 2.75) is 32.8 Å². The van der Waals surface area contributed by atoms with Crippen molar-refractivity contribution in [2.24, 2.45) is 4.99 Å². The van der Waals surface area contributed by atoms with Crippen molar-refractivity contribution in [3.8, 4) is 0 Å². The molecule has 0 heterocycles. The summed E-state index contributed by atoms with van der Waals surface area (Å²) in [5.74, 6) is 0. The molecule has 0 aliphatic carbocycles. The molecule has 0 amide bonds. The molecule has 0 spiro atoms. The molecule has 64 valence electrons. The summed E-state index contributed by atoms with van der Waals surface area (Å²) in [5, 5.41) is 0. The molecular weight excluding hydrogens is 138 g/mol. The standard InChI is InChI=1S/C9H17NO/c1-5-6-8(2)10-7-9(3)11-4/h7,9H,2,5-6H2,1,3-4H3/t9-/m1/s1. The van der Waals surface area contributed by atoms with E-state index in [0.29, 0.717) is 0 Å². The monoisotopic (exact) mass is 155 g/mol. The van der Waals surface area contributed by atoms with Crippen molar-refractivity contribution >= 4 is 6.21 Å². The van der Waals surface area contributed by atoms with E-state index < -0.39 is 0 Å². The van der Waals surface area contributed by atoms with Crippen LogP contribution < -0.4 is 0 Å². The second kappa shape index (κ2) is 6.10. The molecule has 0 radical (unpaired) electrons. The highest BCUT2D eigenvalue weighted by Crippen LogP contribution is 2.01. The van der Waals surface area contributed by atoms with Crippen LogP contribution in [-0.2, 0) is 4.74 Å². The Morgan fingerprint density at radius 1 is 1.73 bits per heavy atom. The molecule has 2 heteroatoms. The lowest BCUT2D eigenvalue weighted by atomic mass is 10.3. The predicted octanol–water partition coefficient (Wildman–Crippen LogP) is 2.41. The minimum atomic E-state index is 0.0867. The van der Waals surface area contributed by atoms with Gasteiger partial charge in [0.05, 0.1) is 6.10 Å². The SMILES string of the molecule is C=C(CCC)N=C[C@@H](C)OC. The summed E-state index contributed by atoms with van der Waals surface area (Å²) < 4.78 is 4.99. The average Bonchev–Trinajstić information content (AvgIpc) is 2.01. The number of nitrogens with zero attached hydrogens (tertiary/aromatic N) is 1. The van der Waals surface area contributed by atoms with E-state index in [9.17, 15) is 0 Å². The molecule has 0 aromatic rings. The number of allylic oxidation sites excluding steroid dienone is 1. The second-order valence-electron chi connectivity index (χ2n) is 2.54. The van der Waals surface area contributed by atoms with Crippen LogP contribution in [0.15, 0.2) is 17.3 Å². The molecule has 0 fully saturated rings. The first-order chi connectivity index (χ1) is 5.20. The third-order valence-corrected chi connectivity index (χ3v) is 1.38. The molecule has 0 unspecified atom stereocenters. The Labute approximate surface area is 69.0 Å². The lowest BCUT2D eigenvalue weighted by Crippen LogP contribution is -2.05. The van der Waals surface area contributed by atoms with Crippen LogP contribution in [0.1, 0.15) is 26.7 Å². The van der Waals surface area contributed by atoms with Gasteiger partial charge in [-0.1, -0.05) is 19.9 Å². The van der Waals surface area contributed by atoms with Crippen molar-refractivity contribution < 1.29 is 4.74 Å². The molecule has 0 rings (SSSR count). The molecule has 0 aliphatic heterocycles. The maximum Gasteiger partial charge on any atom is 0.0894 e. The van der Waals surface area contributed by atoms with Crippen molar-refractivity contribution in [3.63, 3.8) is 0 Å². The van der Waals surface area contributed by atoms with E-state index in [4.69, 9.17) is 4.74 Å². The maximum absolute atomic E-state index is 4.99. The fourth-order valence-electron chi connectivity index (χ4n) is 0.624. The van der Waals surface area contributed by atoms with Crippen LogP contribution in [0.3, 0.4) is 0 Å². The Morgan fingerprint density at radius 2 is 2.36 bits per heavy atom. The van der Waals surface area contributed by atoms with Gasteiger partial charge >= 0.3 is 0 Å². The summed E-state index contributed by atoms with van der Waals surface area (Å²) in [5.41, 5.74) is 0.927. The summed E-state index contributed by atoms with van der Waals surface area (Å²) in [6, 6.07) is 0. The summed E-state index contributed by atoms with van der Waals surface area (Å²) in [6.45, 7) is 7.86. The van der Waals surface area contributed by atoms with Gasteiger partial charge in [-0.25, -0.2) is 0 Å². The first kappa shape index (κ1) is 10.4. The molecule has 0 bridgehead atoms. The van der Waals surface area contributed by atoms with Crippen LogP contribution in [0.25, 0.3) is 0 Å². The van der Waals surface area contributed by atoms with Gasteiger partial charge in [-0.05, 0) is 13.3 Å². The number of ether oxygens (including phenoxy) is 1. The maximum atomic E-state index is 4.99. The Bertz CT molecular complexity index is 140. The molecule has 0 aromatic carbocycles. The van der Waals surface area contributed by atoms with Gasteiger partial charge < -0.3 is 4.74 Å². The average molecular weight is 155 g/mol. The largest absolute Gasteiger partial charge is 0.376 e. The van der Waals surface area contributed by atoms with Crippen LogP contribution in [0.2, 0.25) is 0 Å². The predicted molar refractivity (Wildman–Crippen MR) is 49.0 cm³/mol. The molecular formula is C9H17NO. The Balaban J connectivity index is 3.63. The van der Waals surface area contributed by atoms with Crippen molar-refractivity contribution in [3.05, 3.63) is 12.3 Å². The highest BCUT2D eigenvalue weighted by molar-refractivity contribution is 5.63. The molecule has 1 atom stereocenters. The first-order valence-electron chi connectivity index (χ1n) is 3.95. The van der Waals surface area contributed by atoms with E-state index in [1.54, 1.807) is 13.3 Å². The zero-order chi connectivity index (χ0) is 8.69. The second-order valence-corrected chi connectivity index (χ2v) is 2.54. The topological polar surface area (TPSA) is 21.6 Å². The highest BCUT2D eigenvalue weighted by Gasteiger charge is 1.92. The van der Waals surface area contributed by atoms with Gasteiger partial charge in [-0.3, -0.25) is 4.99 Å². The first-order valence-corrected chi connectivity index (χ1v) is 3.95. The third kappa shape index (κ3) is 5.80. The number of hydrogen-bond acceptors (Lipinski definition) is 2. The Kier molecular flexibility index (Phi) is 5.75. The minimum Gasteiger partial charge on any atom is -0.376 e. The minimum absolute atomic E-state index is 0.0867. The van der Waals surface area contributed by atoms with Gasteiger partial charge in [0.1, 0.15) is 0 Å². The Morgan fingerprint density at radius 3 is 2.82 bits per heavy atom. The normalized spacial score (nSPS) is 13.7. The quantitative estimate of drug-likeness (QED) is 0.559. The number of aliphatic imine (C=N–C) groups is 1. The molecule has 0 aromatic heterocycles.